The van der Waals surface area contributed by atoms with Gasteiger partial charge in [0.1, 0.15) is 6.07 Å². The number of halogens is 1. The van der Waals surface area contributed by atoms with Crippen molar-refractivity contribution in [3.8, 4) is 6.07 Å². The highest BCUT2D eigenvalue weighted by Gasteiger charge is 2.33. The number of benzene rings is 1. The van der Waals surface area contributed by atoms with Crippen molar-refractivity contribution >= 4 is 23.2 Å². The summed E-state index contributed by atoms with van der Waals surface area (Å²) in [5.41, 5.74) is 1.53. The highest BCUT2D eigenvalue weighted by molar-refractivity contribution is 6.32. The van der Waals surface area contributed by atoms with E-state index in [0.717, 1.165) is 25.2 Å². The zero-order chi connectivity index (χ0) is 20.2. The minimum Gasteiger partial charge on any atom is -0.459 e. The Hall–Kier alpha value is -2.45. The lowest BCUT2D eigenvalue weighted by atomic mass is 9.88. The summed E-state index contributed by atoms with van der Waals surface area (Å²) < 4.78 is 5.30. The van der Waals surface area contributed by atoms with Gasteiger partial charge in [-0.15, -0.1) is 0 Å². The van der Waals surface area contributed by atoms with E-state index >= 15 is 0 Å². The second-order valence-corrected chi connectivity index (χ2v) is 8.51. The van der Waals surface area contributed by atoms with Gasteiger partial charge < -0.3 is 14.2 Å². The molecular formula is C23H26ClN3O2. The summed E-state index contributed by atoms with van der Waals surface area (Å²) in [6, 6.07) is 11.5. The highest BCUT2D eigenvalue weighted by atomic mass is 35.5. The van der Waals surface area contributed by atoms with Crippen molar-refractivity contribution in [1.82, 2.24) is 4.90 Å². The Labute approximate surface area is 176 Å². The molecule has 1 saturated carbocycles. The molecule has 5 nitrogen and oxygen atoms in total. The van der Waals surface area contributed by atoms with Crippen molar-refractivity contribution in [1.29, 1.82) is 5.26 Å². The van der Waals surface area contributed by atoms with E-state index in [1.54, 1.807) is 18.2 Å². The molecule has 0 bridgehead atoms. The van der Waals surface area contributed by atoms with Crippen molar-refractivity contribution in [3.05, 3.63) is 52.9 Å². The first kappa shape index (κ1) is 19.8. The third-order valence-corrected chi connectivity index (χ3v) is 6.52. The third kappa shape index (κ3) is 4.43. The lowest BCUT2D eigenvalue weighted by Crippen LogP contribution is -2.42. The molecule has 1 saturated heterocycles. The lowest BCUT2D eigenvalue weighted by molar-refractivity contribution is 0.0759. The number of hydrogen-bond donors (Lipinski definition) is 0. The summed E-state index contributed by atoms with van der Waals surface area (Å²) in [7, 11) is 0. The molecule has 2 fully saturated rings. The predicted molar refractivity (Wildman–Crippen MR) is 113 cm³/mol. The van der Waals surface area contributed by atoms with Crippen molar-refractivity contribution in [2.75, 3.05) is 24.5 Å². The standard InChI is InChI=1S/C23H26ClN3O2/c24-21-13-19(9-8-18(21)14-25)27(15-17-5-2-1-3-6-17)20-10-11-26(16-20)23(28)22-7-4-12-29-22/h4,7-9,12-13,17,20H,1-3,5-6,10-11,15-16H2/t20-/m0/s1. The molecule has 0 spiro atoms. The van der Waals surface area contributed by atoms with Crippen LogP contribution in [0.25, 0.3) is 0 Å². The van der Waals surface area contributed by atoms with E-state index in [-0.39, 0.29) is 11.9 Å². The van der Waals surface area contributed by atoms with Gasteiger partial charge in [0.05, 0.1) is 16.8 Å². The molecule has 0 unspecified atom stereocenters. The Morgan fingerprint density at radius 3 is 2.76 bits per heavy atom. The lowest BCUT2D eigenvalue weighted by Gasteiger charge is -2.36. The molecule has 2 aliphatic rings. The number of amides is 1. The molecule has 2 heterocycles. The average Bonchev–Trinajstić information content (AvgIpc) is 3.45. The SMILES string of the molecule is N#Cc1ccc(N(CC2CCCCC2)[C@H]2CCN(C(=O)c3ccco3)C2)cc1Cl. The van der Waals surface area contributed by atoms with Crippen LogP contribution in [0.4, 0.5) is 5.69 Å². The van der Waals surface area contributed by atoms with Crippen LogP contribution >= 0.6 is 11.6 Å². The first-order valence-electron chi connectivity index (χ1n) is 10.4. The monoisotopic (exact) mass is 411 g/mol. The summed E-state index contributed by atoms with van der Waals surface area (Å²) in [4.78, 5) is 17.0. The van der Waals surface area contributed by atoms with E-state index < -0.39 is 0 Å². The third-order valence-electron chi connectivity index (χ3n) is 6.21. The van der Waals surface area contributed by atoms with Gasteiger partial charge in [-0.1, -0.05) is 30.9 Å². The number of carbonyl (C=O) groups is 1. The Balaban J connectivity index is 1.54. The van der Waals surface area contributed by atoms with Crippen molar-refractivity contribution in [3.63, 3.8) is 0 Å². The Kier molecular flexibility index (Phi) is 6.10. The number of nitriles is 1. The number of furan rings is 1. The van der Waals surface area contributed by atoms with Gasteiger partial charge in [0.15, 0.2) is 5.76 Å². The van der Waals surface area contributed by atoms with Gasteiger partial charge in [0.2, 0.25) is 0 Å². The Morgan fingerprint density at radius 1 is 1.24 bits per heavy atom. The van der Waals surface area contributed by atoms with Crippen molar-refractivity contribution in [2.24, 2.45) is 5.92 Å². The summed E-state index contributed by atoms with van der Waals surface area (Å²) >= 11 is 6.34. The van der Waals surface area contributed by atoms with Crippen molar-refractivity contribution in [2.45, 2.75) is 44.6 Å². The number of hydrogen-bond acceptors (Lipinski definition) is 4. The fraction of sp³-hybridized carbons (Fsp3) is 0.478. The predicted octanol–water partition coefficient (Wildman–Crippen LogP) is 5.11. The zero-order valence-corrected chi connectivity index (χ0v) is 17.3. The van der Waals surface area contributed by atoms with Crippen LogP contribution in [-0.4, -0.2) is 36.5 Å². The molecule has 4 rings (SSSR count). The molecule has 1 aliphatic heterocycles. The van der Waals surface area contributed by atoms with Crippen LogP contribution in [0.15, 0.2) is 41.0 Å². The first-order valence-corrected chi connectivity index (χ1v) is 10.8. The number of anilines is 1. The quantitative estimate of drug-likeness (QED) is 0.686. The van der Waals surface area contributed by atoms with Crippen LogP contribution in [0, 0.1) is 17.2 Å². The van der Waals surface area contributed by atoms with E-state index in [2.05, 4.69) is 11.0 Å². The molecule has 29 heavy (non-hydrogen) atoms. The summed E-state index contributed by atoms with van der Waals surface area (Å²) in [5, 5.41) is 9.69. The van der Waals surface area contributed by atoms with E-state index in [1.165, 1.54) is 38.4 Å². The van der Waals surface area contributed by atoms with Gasteiger partial charge in [-0.05, 0) is 55.5 Å². The van der Waals surface area contributed by atoms with Crippen LogP contribution in [0.2, 0.25) is 5.02 Å². The van der Waals surface area contributed by atoms with Crippen LogP contribution < -0.4 is 4.90 Å². The van der Waals surface area contributed by atoms with Crippen molar-refractivity contribution < 1.29 is 9.21 Å². The molecule has 1 aliphatic carbocycles. The molecule has 0 radical (unpaired) electrons. The maximum Gasteiger partial charge on any atom is 0.289 e. The topological polar surface area (TPSA) is 60.5 Å². The second-order valence-electron chi connectivity index (χ2n) is 8.10. The average molecular weight is 412 g/mol. The fourth-order valence-corrected chi connectivity index (χ4v) is 4.84. The van der Waals surface area contributed by atoms with Gasteiger partial charge >= 0.3 is 0 Å². The minimum absolute atomic E-state index is 0.0482. The fourth-order valence-electron chi connectivity index (χ4n) is 4.62. The number of likely N-dealkylation sites (tertiary alicyclic amines) is 1. The summed E-state index contributed by atoms with van der Waals surface area (Å²) in [6.07, 6.45) is 8.87. The van der Waals surface area contributed by atoms with Gasteiger partial charge in [-0.2, -0.15) is 5.26 Å². The van der Waals surface area contributed by atoms with E-state index in [0.29, 0.717) is 28.8 Å². The van der Waals surface area contributed by atoms with Crippen LogP contribution in [0.3, 0.4) is 0 Å². The Bertz CT molecular complexity index is 884. The molecule has 0 N–H and O–H groups in total. The summed E-state index contributed by atoms with van der Waals surface area (Å²) in [6.45, 7) is 2.36. The molecule has 2 aromatic rings. The Morgan fingerprint density at radius 2 is 2.07 bits per heavy atom. The van der Waals surface area contributed by atoms with Gasteiger partial charge in [0.25, 0.3) is 5.91 Å². The van der Waals surface area contributed by atoms with Crippen LogP contribution in [0.5, 0.6) is 0 Å². The molecule has 1 aromatic carbocycles. The number of nitrogens with zero attached hydrogens (tertiary/aromatic N) is 3. The normalized spacial score (nSPS) is 19.9. The van der Waals surface area contributed by atoms with Crippen LogP contribution in [0.1, 0.15) is 54.6 Å². The smallest absolute Gasteiger partial charge is 0.289 e. The second kappa shape index (κ2) is 8.92. The van der Waals surface area contributed by atoms with Gasteiger partial charge in [0, 0.05) is 31.4 Å². The number of rotatable bonds is 5. The zero-order valence-electron chi connectivity index (χ0n) is 16.5. The summed E-state index contributed by atoms with van der Waals surface area (Å²) in [5.74, 6) is 1.01. The van der Waals surface area contributed by atoms with E-state index in [1.807, 2.05) is 17.0 Å². The van der Waals surface area contributed by atoms with Gasteiger partial charge in [-0.3, -0.25) is 4.79 Å². The van der Waals surface area contributed by atoms with E-state index in [9.17, 15) is 10.1 Å². The van der Waals surface area contributed by atoms with Gasteiger partial charge in [-0.25, -0.2) is 0 Å². The minimum atomic E-state index is -0.0482. The largest absolute Gasteiger partial charge is 0.459 e. The molecule has 6 heteroatoms. The molecular weight excluding hydrogens is 386 g/mol. The maximum atomic E-state index is 12.7. The number of carbonyl (C=O) groups excluding carboxylic acids is 1. The molecule has 1 amide bonds. The van der Waals surface area contributed by atoms with E-state index in [4.69, 9.17) is 16.0 Å². The first-order chi connectivity index (χ1) is 14.2. The highest BCUT2D eigenvalue weighted by Crippen LogP contribution is 2.32. The molecule has 1 atom stereocenters. The van der Waals surface area contributed by atoms with Crippen LogP contribution in [-0.2, 0) is 0 Å². The molecule has 1 aromatic heterocycles. The maximum absolute atomic E-state index is 12.7. The molecule has 152 valence electrons.